The standard InChI is InChI=1S/C13H24F2O/c1-11(2,3)9-10(16)7-8-13(14,15)12(4,5)6/h7-9H2,1-6H3. The Kier molecular flexibility index (Phi) is 4.66. The highest BCUT2D eigenvalue weighted by molar-refractivity contribution is 5.79. The van der Waals surface area contributed by atoms with E-state index in [0.717, 1.165) is 0 Å². The van der Waals surface area contributed by atoms with Crippen molar-refractivity contribution < 1.29 is 13.6 Å². The lowest BCUT2D eigenvalue weighted by Gasteiger charge is -2.30. The molecule has 0 bridgehead atoms. The zero-order chi connectivity index (χ0) is 13.2. The summed E-state index contributed by atoms with van der Waals surface area (Å²) in [6.07, 6.45) is 0.000175. The van der Waals surface area contributed by atoms with Crippen LogP contribution in [-0.2, 0) is 4.79 Å². The maximum atomic E-state index is 13.6. The van der Waals surface area contributed by atoms with Crippen LogP contribution in [0.3, 0.4) is 0 Å². The summed E-state index contributed by atoms with van der Waals surface area (Å²) >= 11 is 0. The fourth-order valence-electron chi connectivity index (χ4n) is 1.35. The summed E-state index contributed by atoms with van der Waals surface area (Å²) in [4.78, 5) is 11.5. The quantitative estimate of drug-likeness (QED) is 0.702. The summed E-state index contributed by atoms with van der Waals surface area (Å²) in [7, 11) is 0. The molecule has 0 saturated heterocycles. The van der Waals surface area contributed by atoms with Crippen LogP contribution >= 0.6 is 0 Å². The van der Waals surface area contributed by atoms with Crippen LogP contribution in [0, 0.1) is 10.8 Å². The van der Waals surface area contributed by atoms with Gasteiger partial charge in [-0.15, -0.1) is 0 Å². The van der Waals surface area contributed by atoms with E-state index in [1.165, 1.54) is 20.8 Å². The molecule has 0 N–H and O–H groups in total. The zero-order valence-corrected chi connectivity index (χ0v) is 11.3. The van der Waals surface area contributed by atoms with Crippen molar-refractivity contribution in [2.45, 2.75) is 66.7 Å². The highest BCUT2D eigenvalue weighted by Crippen LogP contribution is 2.39. The van der Waals surface area contributed by atoms with Crippen LogP contribution in [0.2, 0.25) is 0 Å². The predicted molar refractivity (Wildman–Crippen MR) is 62.7 cm³/mol. The second-order valence-corrected chi connectivity index (χ2v) is 6.73. The molecule has 0 aromatic heterocycles. The number of carbonyl (C=O) groups excluding carboxylic acids is 1. The summed E-state index contributed by atoms with van der Waals surface area (Å²) < 4.78 is 27.1. The molecule has 0 aliphatic rings. The topological polar surface area (TPSA) is 17.1 Å². The molecule has 0 saturated carbocycles. The number of halogens is 2. The Morgan fingerprint density at radius 3 is 1.75 bits per heavy atom. The van der Waals surface area contributed by atoms with Crippen LogP contribution < -0.4 is 0 Å². The molecule has 16 heavy (non-hydrogen) atoms. The van der Waals surface area contributed by atoms with Crippen molar-refractivity contribution in [2.75, 3.05) is 0 Å². The highest BCUT2D eigenvalue weighted by Gasteiger charge is 2.42. The molecule has 3 heteroatoms. The number of carbonyl (C=O) groups is 1. The van der Waals surface area contributed by atoms with Gasteiger partial charge in [-0.2, -0.15) is 0 Å². The average Bonchev–Trinajstić information content (AvgIpc) is 1.95. The highest BCUT2D eigenvalue weighted by atomic mass is 19.3. The van der Waals surface area contributed by atoms with Crippen molar-refractivity contribution >= 4 is 5.78 Å². The molecule has 0 rings (SSSR count). The molecule has 1 nitrogen and oxygen atoms in total. The van der Waals surface area contributed by atoms with Crippen molar-refractivity contribution in [1.29, 1.82) is 0 Å². The Balaban J connectivity index is 4.22. The molecule has 0 atom stereocenters. The van der Waals surface area contributed by atoms with E-state index in [0.29, 0.717) is 6.42 Å². The van der Waals surface area contributed by atoms with Gasteiger partial charge in [0, 0.05) is 24.7 Å². The molecule has 0 fully saturated rings. The molecule has 0 spiro atoms. The van der Waals surface area contributed by atoms with Crippen LogP contribution in [0.15, 0.2) is 0 Å². The summed E-state index contributed by atoms with van der Waals surface area (Å²) in [5, 5.41) is 0. The number of Topliss-reactive ketones (excluding diaryl/α,β-unsaturated/α-hetero) is 1. The molecule has 0 heterocycles. The first kappa shape index (κ1) is 15.5. The fourth-order valence-corrected chi connectivity index (χ4v) is 1.35. The van der Waals surface area contributed by atoms with E-state index in [4.69, 9.17) is 0 Å². The summed E-state index contributed by atoms with van der Waals surface area (Å²) in [6.45, 7) is 10.3. The largest absolute Gasteiger partial charge is 0.300 e. The second kappa shape index (κ2) is 4.80. The Labute approximate surface area is 97.6 Å². The van der Waals surface area contributed by atoms with E-state index in [-0.39, 0.29) is 24.0 Å². The van der Waals surface area contributed by atoms with Gasteiger partial charge in [0.2, 0.25) is 0 Å². The van der Waals surface area contributed by atoms with E-state index >= 15 is 0 Å². The third-order valence-electron chi connectivity index (χ3n) is 2.54. The van der Waals surface area contributed by atoms with Gasteiger partial charge in [0.15, 0.2) is 0 Å². The minimum Gasteiger partial charge on any atom is -0.300 e. The normalized spacial score (nSPS) is 14.0. The molecule has 0 aromatic carbocycles. The van der Waals surface area contributed by atoms with Crippen molar-refractivity contribution in [3.63, 3.8) is 0 Å². The lowest BCUT2D eigenvalue weighted by atomic mass is 9.83. The molecular formula is C13H24F2O. The Morgan fingerprint density at radius 2 is 1.44 bits per heavy atom. The van der Waals surface area contributed by atoms with Crippen LogP contribution in [0.4, 0.5) is 8.78 Å². The van der Waals surface area contributed by atoms with E-state index < -0.39 is 11.3 Å². The maximum Gasteiger partial charge on any atom is 0.253 e. The Morgan fingerprint density at radius 1 is 1.00 bits per heavy atom. The zero-order valence-electron chi connectivity index (χ0n) is 11.3. The maximum absolute atomic E-state index is 13.6. The van der Waals surface area contributed by atoms with Gasteiger partial charge in [0.05, 0.1) is 0 Å². The third-order valence-corrected chi connectivity index (χ3v) is 2.54. The van der Waals surface area contributed by atoms with Gasteiger partial charge in [-0.1, -0.05) is 41.5 Å². The molecule has 0 unspecified atom stereocenters. The molecular weight excluding hydrogens is 210 g/mol. The van der Waals surface area contributed by atoms with Crippen molar-refractivity contribution in [1.82, 2.24) is 0 Å². The van der Waals surface area contributed by atoms with Crippen LogP contribution in [-0.4, -0.2) is 11.7 Å². The van der Waals surface area contributed by atoms with Gasteiger partial charge in [-0.3, -0.25) is 4.79 Å². The Bertz CT molecular complexity index is 244. The Hall–Kier alpha value is -0.470. The first-order valence-electron chi connectivity index (χ1n) is 5.75. The van der Waals surface area contributed by atoms with Crippen LogP contribution in [0.25, 0.3) is 0 Å². The van der Waals surface area contributed by atoms with Gasteiger partial charge < -0.3 is 0 Å². The van der Waals surface area contributed by atoms with Crippen molar-refractivity contribution in [2.24, 2.45) is 10.8 Å². The number of hydrogen-bond donors (Lipinski definition) is 0. The third kappa shape index (κ3) is 5.57. The van der Waals surface area contributed by atoms with Gasteiger partial charge in [-0.25, -0.2) is 8.78 Å². The molecule has 0 amide bonds. The summed E-state index contributed by atoms with van der Waals surface area (Å²) in [6, 6.07) is 0. The van der Waals surface area contributed by atoms with Crippen LogP contribution in [0.1, 0.15) is 60.8 Å². The van der Waals surface area contributed by atoms with Gasteiger partial charge in [-0.05, 0) is 5.41 Å². The van der Waals surface area contributed by atoms with E-state index in [9.17, 15) is 13.6 Å². The minimum atomic E-state index is -2.78. The minimum absolute atomic E-state index is 0.0263. The number of hydrogen-bond acceptors (Lipinski definition) is 1. The van der Waals surface area contributed by atoms with Gasteiger partial charge in [0.25, 0.3) is 5.92 Å². The summed E-state index contributed by atoms with van der Waals surface area (Å²) in [5.74, 6) is -2.85. The smallest absolute Gasteiger partial charge is 0.253 e. The monoisotopic (exact) mass is 234 g/mol. The lowest BCUT2D eigenvalue weighted by Crippen LogP contribution is -2.34. The number of rotatable bonds is 4. The van der Waals surface area contributed by atoms with Gasteiger partial charge >= 0.3 is 0 Å². The second-order valence-electron chi connectivity index (χ2n) is 6.73. The lowest BCUT2D eigenvalue weighted by molar-refractivity contribution is -0.129. The van der Waals surface area contributed by atoms with Gasteiger partial charge in [0.1, 0.15) is 5.78 Å². The average molecular weight is 234 g/mol. The van der Waals surface area contributed by atoms with Crippen molar-refractivity contribution in [3.05, 3.63) is 0 Å². The molecule has 0 aliphatic carbocycles. The van der Waals surface area contributed by atoms with E-state index in [1.807, 2.05) is 20.8 Å². The fraction of sp³-hybridized carbons (Fsp3) is 0.923. The molecule has 96 valence electrons. The number of ketones is 1. The van der Waals surface area contributed by atoms with Crippen molar-refractivity contribution in [3.8, 4) is 0 Å². The first-order chi connectivity index (χ1) is 6.85. The van der Waals surface area contributed by atoms with E-state index in [1.54, 1.807) is 0 Å². The first-order valence-corrected chi connectivity index (χ1v) is 5.75. The molecule has 0 aromatic rings. The predicted octanol–water partition coefficient (Wildman–Crippen LogP) is 4.45. The molecule has 0 radical (unpaired) electrons. The van der Waals surface area contributed by atoms with E-state index in [2.05, 4.69) is 0 Å². The SMILES string of the molecule is CC(C)(C)CC(=O)CCC(F)(F)C(C)(C)C. The molecule has 0 aliphatic heterocycles. The number of alkyl halides is 2. The summed E-state index contributed by atoms with van der Waals surface area (Å²) in [5.41, 5.74) is -1.19. The van der Waals surface area contributed by atoms with Crippen LogP contribution in [0.5, 0.6) is 0 Å².